The van der Waals surface area contributed by atoms with Gasteiger partial charge in [0.15, 0.2) is 0 Å². The maximum Gasteiger partial charge on any atom is 0.251 e. The number of rotatable bonds is 3. The van der Waals surface area contributed by atoms with E-state index in [2.05, 4.69) is 11.9 Å². The van der Waals surface area contributed by atoms with Crippen molar-refractivity contribution in [1.82, 2.24) is 0 Å². The van der Waals surface area contributed by atoms with Crippen molar-refractivity contribution in [1.29, 1.82) is 0 Å². The standard InChI is InChI=1S/C7H9N3OS.2C2H6/c1-4(8)10-7-5(6(9)11)2-3-12-7;2*1-2/h2-3,10H,1,8H2,(H2,9,11);2*1-2H3. The zero-order valence-corrected chi connectivity index (χ0v) is 11.1. The molecule has 0 radical (unpaired) electrons. The van der Waals surface area contributed by atoms with Crippen LogP contribution in [-0.4, -0.2) is 5.91 Å². The Balaban J connectivity index is 0. The van der Waals surface area contributed by atoms with Gasteiger partial charge in [-0.25, -0.2) is 0 Å². The first kappa shape index (κ1) is 16.9. The summed E-state index contributed by atoms with van der Waals surface area (Å²) < 4.78 is 0. The van der Waals surface area contributed by atoms with E-state index in [-0.39, 0.29) is 0 Å². The molecule has 0 aliphatic rings. The molecule has 0 atom stereocenters. The first-order valence-electron chi connectivity index (χ1n) is 5.20. The van der Waals surface area contributed by atoms with E-state index in [1.165, 1.54) is 11.3 Å². The van der Waals surface area contributed by atoms with E-state index in [4.69, 9.17) is 11.5 Å². The summed E-state index contributed by atoms with van der Waals surface area (Å²) in [6.07, 6.45) is 0. The number of hydrogen-bond acceptors (Lipinski definition) is 4. The molecule has 92 valence electrons. The maximum absolute atomic E-state index is 10.8. The highest BCUT2D eigenvalue weighted by Crippen LogP contribution is 2.22. The molecule has 5 heteroatoms. The van der Waals surface area contributed by atoms with Crippen LogP contribution in [0.15, 0.2) is 23.8 Å². The number of thiophene rings is 1. The van der Waals surface area contributed by atoms with Gasteiger partial charge in [0.2, 0.25) is 0 Å². The Hall–Kier alpha value is -1.49. The van der Waals surface area contributed by atoms with Crippen LogP contribution in [0, 0.1) is 0 Å². The van der Waals surface area contributed by atoms with Gasteiger partial charge < -0.3 is 16.8 Å². The van der Waals surface area contributed by atoms with Crippen molar-refractivity contribution in [3.05, 3.63) is 29.4 Å². The van der Waals surface area contributed by atoms with Crippen molar-refractivity contribution in [3.63, 3.8) is 0 Å². The van der Waals surface area contributed by atoms with Gasteiger partial charge in [-0.2, -0.15) is 0 Å². The van der Waals surface area contributed by atoms with Crippen LogP contribution in [0.1, 0.15) is 38.1 Å². The second kappa shape index (κ2) is 10.0. The van der Waals surface area contributed by atoms with Crippen LogP contribution in [0.4, 0.5) is 5.00 Å². The molecule has 0 aromatic carbocycles. The van der Waals surface area contributed by atoms with Crippen molar-refractivity contribution < 1.29 is 4.79 Å². The van der Waals surface area contributed by atoms with Crippen LogP contribution >= 0.6 is 11.3 Å². The minimum absolute atomic E-state index is 0.292. The summed E-state index contributed by atoms with van der Waals surface area (Å²) in [5.74, 6) is -0.181. The van der Waals surface area contributed by atoms with Gasteiger partial charge in [-0.05, 0) is 11.4 Å². The molecule has 0 bridgehead atoms. The van der Waals surface area contributed by atoms with Crippen LogP contribution in [-0.2, 0) is 0 Å². The lowest BCUT2D eigenvalue weighted by Crippen LogP contribution is -2.14. The summed E-state index contributed by atoms with van der Waals surface area (Å²) >= 11 is 1.35. The van der Waals surface area contributed by atoms with Gasteiger partial charge in [-0.1, -0.05) is 34.3 Å². The lowest BCUT2D eigenvalue weighted by Gasteiger charge is -2.02. The van der Waals surface area contributed by atoms with E-state index in [0.29, 0.717) is 16.4 Å². The van der Waals surface area contributed by atoms with Crippen molar-refractivity contribution in [3.8, 4) is 0 Å². The molecule has 1 aromatic heterocycles. The Morgan fingerprint density at radius 2 is 1.81 bits per heavy atom. The molecule has 0 aliphatic carbocycles. The molecule has 0 fully saturated rings. The number of hydrogen-bond donors (Lipinski definition) is 3. The van der Waals surface area contributed by atoms with Gasteiger partial charge in [0.1, 0.15) is 5.00 Å². The average Bonchev–Trinajstić information content (AvgIpc) is 2.71. The van der Waals surface area contributed by atoms with Crippen LogP contribution in [0.5, 0.6) is 0 Å². The molecule has 1 rings (SSSR count). The predicted molar refractivity (Wildman–Crippen MR) is 72.5 cm³/mol. The molecular weight excluding hydrogens is 222 g/mol. The van der Waals surface area contributed by atoms with Gasteiger partial charge >= 0.3 is 0 Å². The third-order valence-corrected chi connectivity index (χ3v) is 2.03. The Labute approximate surface area is 101 Å². The van der Waals surface area contributed by atoms with Crippen molar-refractivity contribution >= 4 is 22.2 Å². The average molecular weight is 243 g/mol. The topological polar surface area (TPSA) is 81.1 Å². The first-order valence-corrected chi connectivity index (χ1v) is 6.08. The molecular formula is C11H21N3OS. The number of anilines is 1. The van der Waals surface area contributed by atoms with Crippen LogP contribution in [0.3, 0.4) is 0 Å². The zero-order chi connectivity index (χ0) is 13.1. The minimum Gasteiger partial charge on any atom is -0.386 e. The van der Waals surface area contributed by atoms with Crippen LogP contribution in [0.25, 0.3) is 0 Å². The third kappa shape index (κ3) is 6.08. The van der Waals surface area contributed by atoms with E-state index in [1.54, 1.807) is 11.4 Å². The molecule has 1 heterocycles. The predicted octanol–water partition coefficient (Wildman–Crippen LogP) is 2.74. The summed E-state index contributed by atoms with van der Waals surface area (Å²) in [5, 5.41) is 5.13. The van der Waals surface area contributed by atoms with Crippen LogP contribution in [0.2, 0.25) is 0 Å². The fourth-order valence-corrected chi connectivity index (χ4v) is 1.57. The van der Waals surface area contributed by atoms with Crippen molar-refractivity contribution in [2.75, 3.05) is 5.32 Å². The third-order valence-electron chi connectivity index (χ3n) is 1.20. The van der Waals surface area contributed by atoms with Crippen molar-refractivity contribution in [2.24, 2.45) is 11.5 Å². The number of amides is 1. The molecule has 1 amide bonds. The summed E-state index contributed by atoms with van der Waals surface area (Å²) in [4.78, 5) is 10.8. The lowest BCUT2D eigenvalue weighted by molar-refractivity contribution is 0.100. The van der Waals surface area contributed by atoms with Gasteiger partial charge in [0.25, 0.3) is 5.91 Å². The molecule has 16 heavy (non-hydrogen) atoms. The molecule has 4 nitrogen and oxygen atoms in total. The summed E-state index contributed by atoms with van der Waals surface area (Å²) in [5.41, 5.74) is 10.8. The first-order chi connectivity index (χ1) is 7.61. The Kier molecular flexibility index (Phi) is 10.6. The molecule has 0 saturated carbocycles. The monoisotopic (exact) mass is 243 g/mol. The largest absolute Gasteiger partial charge is 0.386 e. The smallest absolute Gasteiger partial charge is 0.251 e. The van der Waals surface area contributed by atoms with E-state index in [0.717, 1.165) is 0 Å². The lowest BCUT2D eigenvalue weighted by atomic mass is 10.3. The highest BCUT2D eigenvalue weighted by Gasteiger charge is 2.08. The van der Waals surface area contributed by atoms with E-state index >= 15 is 0 Å². The summed E-state index contributed by atoms with van der Waals surface area (Å²) in [7, 11) is 0. The maximum atomic E-state index is 10.8. The number of nitrogens with one attached hydrogen (secondary N) is 1. The molecule has 5 N–H and O–H groups in total. The molecule has 0 saturated heterocycles. The second-order valence-corrected chi connectivity index (χ2v) is 3.09. The van der Waals surface area contributed by atoms with Crippen LogP contribution < -0.4 is 16.8 Å². The highest BCUT2D eigenvalue weighted by molar-refractivity contribution is 7.14. The van der Waals surface area contributed by atoms with Crippen molar-refractivity contribution in [2.45, 2.75) is 27.7 Å². The second-order valence-electron chi connectivity index (χ2n) is 2.18. The molecule has 0 unspecified atom stereocenters. The number of carbonyl (C=O) groups excluding carboxylic acids is 1. The van der Waals surface area contributed by atoms with E-state index in [1.807, 2.05) is 27.7 Å². The van der Waals surface area contributed by atoms with Gasteiger partial charge in [0.05, 0.1) is 11.4 Å². The minimum atomic E-state index is -0.472. The van der Waals surface area contributed by atoms with E-state index in [9.17, 15) is 4.79 Å². The van der Waals surface area contributed by atoms with Gasteiger partial charge in [-0.15, -0.1) is 11.3 Å². The zero-order valence-electron chi connectivity index (χ0n) is 10.3. The fourth-order valence-electron chi connectivity index (χ4n) is 0.746. The number of primary amides is 1. The molecule has 0 spiro atoms. The fraction of sp³-hybridized carbons (Fsp3) is 0.364. The van der Waals surface area contributed by atoms with E-state index < -0.39 is 5.91 Å². The Morgan fingerprint density at radius 3 is 2.19 bits per heavy atom. The SMILES string of the molecule is C=C(N)Nc1sccc1C(N)=O.CC.CC. The number of nitrogens with two attached hydrogens (primary N) is 2. The number of carbonyl (C=O) groups is 1. The quantitative estimate of drug-likeness (QED) is 0.763. The molecule has 1 aromatic rings. The summed E-state index contributed by atoms with van der Waals surface area (Å²) in [6, 6.07) is 1.64. The Bertz CT molecular complexity index is 321. The van der Waals surface area contributed by atoms with Gasteiger partial charge in [-0.3, -0.25) is 4.79 Å². The normalized spacial score (nSPS) is 7.75. The highest BCUT2D eigenvalue weighted by atomic mass is 32.1. The Morgan fingerprint density at radius 1 is 1.31 bits per heavy atom. The van der Waals surface area contributed by atoms with Gasteiger partial charge in [0, 0.05) is 0 Å². The summed E-state index contributed by atoms with van der Waals surface area (Å²) in [6.45, 7) is 11.5. The molecule has 0 aliphatic heterocycles.